The Bertz CT molecular complexity index is 495. The topological polar surface area (TPSA) is 38.0 Å². The van der Waals surface area contributed by atoms with E-state index >= 15 is 0 Å². The molecular formula is C13H17ClN2O. The second-order valence-electron chi connectivity index (χ2n) is 4.28. The van der Waals surface area contributed by atoms with Crippen LogP contribution in [-0.2, 0) is 13.5 Å². The van der Waals surface area contributed by atoms with Crippen molar-refractivity contribution in [2.24, 2.45) is 7.05 Å². The minimum absolute atomic E-state index is 0.355. The summed E-state index contributed by atoms with van der Waals surface area (Å²) in [6.45, 7) is 0. The van der Waals surface area contributed by atoms with E-state index < -0.39 is 0 Å². The average molecular weight is 253 g/mol. The summed E-state index contributed by atoms with van der Waals surface area (Å²) in [6.07, 6.45) is 1.81. The molecule has 0 aliphatic heterocycles. The van der Waals surface area contributed by atoms with Gasteiger partial charge in [-0.25, -0.2) is 0 Å². The molecular weight excluding hydrogens is 236 g/mol. The fraction of sp³-hybridized carbons (Fsp3) is 0.462. The van der Waals surface area contributed by atoms with Gasteiger partial charge in [0, 0.05) is 24.7 Å². The van der Waals surface area contributed by atoms with Crippen molar-refractivity contribution in [3.05, 3.63) is 30.0 Å². The van der Waals surface area contributed by atoms with Crippen LogP contribution in [0, 0.1) is 0 Å². The lowest BCUT2D eigenvalue weighted by molar-refractivity contribution is 0.163. The first kappa shape index (κ1) is 12.4. The molecule has 92 valence electrons. The molecule has 3 nitrogen and oxygen atoms in total. The Morgan fingerprint density at radius 3 is 2.94 bits per heavy atom. The smallest absolute Gasteiger partial charge is 0.0728 e. The third kappa shape index (κ3) is 2.79. The van der Waals surface area contributed by atoms with E-state index in [2.05, 4.69) is 5.10 Å². The number of benzene rings is 1. The molecule has 0 bridgehead atoms. The number of para-hydroxylation sites is 1. The third-order valence-electron chi connectivity index (χ3n) is 2.93. The second kappa shape index (κ2) is 5.52. The van der Waals surface area contributed by atoms with E-state index in [-0.39, 0.29) is 6.10 Å². The van der Waals surface area contributed by atoms with Gasteiger partial charge in [-0.3, -0.25) is 4.68 Å². The number of nitrogens with zero attached hydrogens (tertiary/aromatic N) is 2. The standard InChI is InChI=1S/C13H17ClN2O/c1-16-13-7-3-2-6-11(13)12(15-16)9-10(17)5-4-8-14/h2-3,6-7,10,17H,4-5,8-9H2,1H3. The van der Waals surface area contributed by atoms with Gasteiger partial charge in [0.15, 0.2) is 0 Å². The number of hydrogen-bond acceptors (Lipinski definition) is 2. The highest BCUT2D eigenvalue weighted by molar-refractivity contribution is 6.17. The van der Waals surface area contributed by atoms with Crippen LogP contribution in [0.1, 0.15) is 18.5 Å². The Balaban J connectivity index is 2.18. The molecule has 0 fully saturated rings. The molecule has 1 N–H and O–H groups in total. The van der Waals surface area contributed by atoms with Gasteiger partial charge >= 0.3 is 0 Å². The molecule has 2 aromatic rings. The first-order valence-corrected chi connectivity index (χ1v) is 6.40. The van der Waals surface area contributed by atoms with Crippen LogP contribution in [0.5, 0.6) is 0 Å². The maximum atomic E-state index is 9.89. The van der Waals surface area contributed by atoms with E-state index in [4.69, 9.17) is 11.6 Å². The minimum atomic E-state index is -0.355. The van der Waals surface area contributed by atoms with Gasteiger partial charge in [0.1, 0.15) is 0 Å². The van der Waals surface area contributed by atoms with Crippen LogP contribution in [0.4, 0.5) is 0 Å². The molecule has 0 aliphatic carbocycles. The summed E-state index contributed by atoms with van der Waals surface area (Å²) in [4.78, 5) is 0. The number of halogens is 1. The van der Waals surface area contributed by atoms with E-state index in [1.54, 1.807) is 0 Å². The van der Waals surface area contributed by atoms with Crippen LogP contribution in [0.3, 0.4) is 0 Å². The van der Waals surface area contributed by atoms with Crippen molar-refractivity contribution in [3.63, 3.8) is 0 Å². The molecule has 1 aromatic heterocycles. The summed E-state index contributed by atoms with van der Waals surface area (Å²) in [5, 5.41) is 15.5. The number of aliphatic hydroxyl groups is 1. The minimum Gasteiger partial charge on any atom is -0.393 e. The quantitative estimate of drug-likeness (QED) is 0.831. The van der Waals surface area contributed by atoms with Gasteiger partial charge in [0.25, 0.3) is 0 Å². The summed E-state index contributed by atoms with van der Waals surface area (Å²) in [7, 11) is 1.93. The van der Waals surface area contributed by atoms with Gasteiger partial charge in [0.05, 0.1) is 17.3 Å². The number of rotatable bonds is 5. The molecule has 0 amide bonds. The number of fused-ring (bicyclic) bond motifs is 1. The van der Waals surface area contributed by atoms with Crippen molar-refractivity contribution >= 4 is 22.5 Å². The predicted octanol–water partition coefficient (Wildman–Crippen LogP) is 2.50. The van der Waals surface area contributed by atoms with Crippen molar-refractivity contribution in [2.45, 2.75) is 25.4 Å². The number of aromatic nitrogens is 2. The number of aryl methyl sites for hydroxylation is 1. The van der Waals surface area contributed by atoms with E-state index in [1.165, 1.54) is 0 Å². The lowest BCUT2D eigenvalue weighted by Crippen LogP contribution is -2.11. The van der Waals surface area contributed by atoms with E-state index in [1.807, 2.05) is 36.0 Å². The van der Waals surface area contributed by atoms with Gasteiger partial charge < -0.3 is 5.11 Å². The Labute approximate surface area is 106 Å². The maximum absolute atomic E-state index is 9.89. The molecule has 17 heavy (non-hydrogen) atoms. The third-order valence-corrected chi connectivity index (χ3v) is 3.20. The molecule has 1 heterocycles. The van der Waals surface area contributed by atoms with Crippen LogP contribution < -0.4 is 0 Å². The molecule has 0 saturated heterocycles. The molecule has 0 saturated carbocycles. The fourth-order valence-electron chi connectivity index (χ4n) is 2.08. The maximum Gasteiger partial charge on any atom is 0.0728 e. The van der Waals surface area contributed by atoms with E-state index in [9.17, 15) is 5.11 Å². The molecule has 0 aliphatic rings. The van der Waals surface area contributed by atoms with E-state index in [0.29, 0.717) is 12.3 Å². The molecule has 1 unspecified atom stereocenters. The predicted molar refractivity (Wildman–Crippen MR) is 70.4 cm³/mol. The Morgan fingerprint density at radius 1 is 1.41 bits per heavy atom. The van der Waals surface area contributed by atoms with Gasteiger partial charge in [-0.05, 0) is 18.9 Å². The van der Waals surface area contributed by atoms with Gasteiger partial charge in [-0.2, -0.15) is 5.10 Å². The van der Waals surface area contributed by atoms with Crippen molar-refractivity contribution in [3.8, 4) is 0 Å². The second-order valence-corrected chi connectivity index (χ2v) is 4.65. The fourth-order valence-corrected chi connectivity index (χ4v) is 2.23. The lowest BCUT2D eigenvalue weighted by atomic mass is 10.1. The first-order valence-electron chi connectivity index (χ1n) is 5.87. The van der Waals surface area contributed by atoms with Crippen molar-refractivity contribution in [1.82, 2.24) is 9.78 Å². The first-order chi connectivity index (χ1) is 8.22. The molecule has 0 radical (unpaired) electrons. The highest BCUT2D eigenvalue weighted by atomic mass is 35.5. The van der Waals surface area contributed by atoms with Crippen molar-refractivity contribution in [1.29, 1.82) is 0 Å². The number of aliphatic hydroxyl groups excluding tert-OH is 1. The van der Waals surface area contributed by atoms with Crippen molar-refractivity contribution < 1.29 is 5.11 Å². The van der Waals surface area contributed by atoms with Crippen LogP contribution in [0.25, 0.3) is 10.9 Å². The monoisotopic (exact) mass is 252 g/mol. The van der Waals surface area contributed by atoms with Crippen LogP contribution in [0.15, 0.2) is 24.3 Å². The summed E-state index contributed by atoms with van der Waals surface area (Å²) in [5.74, 6) is 0.597. The molecule has 2 rings (SSSR count). The molecule has 1 aromatic carbocycles. The Morgan fingerprint density at radius 2 is 2.18 bits per heavy atom. The highest BCUT2D eigenvalue weighted by Crippen LogP contribution is 2.19. The average Bonchev–Trinajstić information content (AvgIpc) is 2.65. The summed E-state index contributed by atoms with van der Waals surface area (Å²) in [5.41, 5.74) is 2.07. The zero-order valence-corrected chi connectivity index (χ0v) is 10.7. The van der Waals surface area contributed by atoms with Gasteiger partial charge in [0.2, 0.25) is 0 Å². The SMILES string of the molecule is Cn1nc(CC(O)CCCCl)c2ccccc21. The number of alkyl halides is 1. The summed E-state index contributed by atoms with van der Waals surface area (Å²) >= 11 is 5.62. The van der Waals surface area contributed by atoms with E-state index in [0.717, 1.165) is 29.4 Å². The summed E-state index contributed by atoms with van der Waals surface area (Å²) in [6, 6.07) is 8.08. The van der Waals surface area contributed by atoms with Crippen molar-refractivity contribution in [2.75, 3.05) is 5.88 Å². The lowest BCUT2D eigenvalue weighted by Gasteiger charge is -2.07. The van der Waals surface area contributed by atoms with Gasteiger partial charge in [-0.1, -0.05) is 18.2 Å². The van der Waals surface area contributed by atoms with Crippen LogP contribution in [-0.4, -0.2) is 26.9 Å². The Kier molecular flexibility index (Phi) is 4.02. The van der Waals surface area contributed by atoms with Crippen LogP contribution in [0.2, 0.25) is 0 Å². The molecule has 4 heteroatoms. The highest BCUT2D eigenvalue weighted by Gasteiger charge is 2.12. The van der Waals surface area contributed by atoms with Gasteiger partial charge in [-0.15, -0.1) is 11.6 Å². The zero-order chi connectivity index (χ0) is 12.3. The molecule has 1 atom stereocenters. The largest absolute Gasteiger partial charge is 0.393 e. The zero-order valence-electron chi connectivity index (χ0n) is 9.93. The molecule has 0 spiro atoms. The Hall–Kier alpha value is -1.06. The summed E-state index contributed by atoms with van der Waals surface area (Å²) < 4.78 is 1.86. The normalized spacial score (nSPS) is 13.1. The van der Waals surface area contributed by atoms with Crippen LogP contribution >= 0.6 is 11.6 Å². The number of hydrogen-bond donors (Lipinski definition) is 1.